The molecule has 29 heavy (non-hydrogen) atoms. The average molecular weight is 436 g/mol. The quantitative estimate of drug-likeness (QED) is 0.586. The third kappa shape index (κ3) is 3.90. The highest BCUT2D eigenvalue weighted by atomic mass is 35.5. The van der Waals surface area contributed by atoms with Crippen LogP contribution in [0.4, 0.5) is 0 Å². The van der Waals surface area contributed by atoms with E-state index in [2.05, 4.69) is 10.1 Å². The van der Waals surface area contributed by atoms with Gasteiger partial charge in [-0.2, -0.15) is 5.10 Å². The summed E-state index contributed by atoms with van der Waals surface area (Å²) in [6, 6.07) is 5.24. The molecule has 3 aromatic rings. The van der Waals surface area contributed by atoms with Gasteiger partial charge < -0.3 is 14.6 Å². The molecule has 4 rings (SSSR count). The first-order valence-electron chi connectivity index (χ1n) is 9.28. The van der Waals surface area contributed by atoms with Crippen molar-refractivity contribution >= 4 is 40.1 Å². The molecule has 1 aromatic carbocycles. The van der Waals surface area contributed by atoms with Crippen LogP contribution in [-0.2, 0) is 4.74 Å². The fourth-order valence-corrected chi connectivity index (χ4v) is 4.23. The van der Waals surface area contributed by atoms with Crippen molar-refractivity contribution in [3.05, 3.63) is 51.9 Å². The van der Waals surface area contributed by atoms with Gasteiger partial charge in [-0.15, -0.1) is 0 Å². The molecule has 0 radical (unpaired) electrons. The number of ether oxygens (including phenoxy) is 2. The minimum Gasteiger partial charge on any atom is -0.486 e. The van der Waals surface area contributed by atoms with Crippen LogP contribution in [0, 0.1) is 0 Å². The number of aromatic carboxylic acids is 1. The van der Waals surface area contributed by atoms with Crippen molar-refractivity contribution in [2.24, 2.45) is 0 Å². The number of halogens is 2. The van der Waals surface area contributed by atoms with Crippen LogP contribution in [0.1, 0.15) is 54.6 Å². The number of fused-ring (bicyclic) bond motifs is 1. The van der Waals surface area contributed by atoms with E-state index in [-0.39, 0.29) is 11.9 Å². The average Bonchev–Trinajstić information content (AvgIpc) is 3.07. The molecular weight excluding hydrogens is 417 g/mol. The van der Waals surface area contributed by atoms with E-state index in [1.165, 1.54) is 12.4 Å². The molecule has 0 saturated carbocycles. The fourth-order valence-electron chi connectivity index (χ4n) is 3.56. The molecule has 9 heteroatoms. The van der Waals surface area contributed by atoms with Crippen molar-refractivity contribution in [1.29, 1.82) is 0 Å². The van der Waals surface area contributed by atoms with E-state index in [1.807, 2.05) is 6.92 Å². The van der Waals surface area contributed by atoms with Gasteiger partial charge in [0.05, 0.1) is 15.6 Å². The Bertz CT molecular complexity index is 1040. The van der Waals surface area contributed by atoms with Crippen molar-refractivity contribution in [2.45, 2.75) is 38.5 Å². The number of aromatic nitrogens is 3. The third-order valence-corrected chi connectivity index (χ3v) is 5.52. The highest BCUT2D eigenvalue weighted by Crippen LogP contribution is 2.35. The van der Waals surface area contributed by atoms with E-state index in [1.54, 1.807) is 22.9 Å². The number of carboxylic acids is 1. The minimum absolute atomic E-state index is 0.0350. The predicted octanol–water partition coefficient (Wildman–Crippen LogP) is 5.28. The van der Waals surface area contributed by atoms with Crippen LogP contribution in [-0.4, -0.2) is 32.4 Å². The number of hydrogen-bond donors (Lipinski definition) is 1. The SMILES string of the molecule is CC(Oc1ccc2c(c1)c(C(=O)O)nn2C1CCCCO1)c1c(Cl)cncc1Cl. The first-order chi connectivity index (χ1) is 14.0. The maximum Gasteiger partial charge on any atom is 0.357 e. The van der Waals surface area contributed by atoms with Gasteiger partial charge in [0, 0.05) is 30.0 Å². The largest absolute Gasteiger partial charge is 0.486 e. The first-order valence-corrected chi connectivity index (χ1v) is 10.0. The molecule has 1 aliphatic rings. The lowest BCUT2D eigenvalue weighted by molar-refractivity contribution is -0.0368. The Kier molecular flexibility index (Phi) is 5.63. The van der Waals surface area contributed by atoms with Crippen LogP contribution in [0.25, 0.3) is 10.9 Å². The van der Waals surface area contributed by atoms with Gasteiger partial charge in [0.2, 0.25) is 0 Å². The predicted molar refractivity (Wildman–Crippen MR) is 109 cm³/mol. The van der Waals surface area contributed by atoms with Gasteiger partial charge in [-0.1, -0.05) is 23.2 Å². The van der Waals surface area contributed by atoms with Crippen molar-refractivity contribution < 1.29 is 19.4 Å². The van der Waals surface area contributed by atoms with Gasteiger partial charge in [0.25, 0.3) is 0 Å². The van der Waals surface area contributed by atoms with E-state index < -0.39 is 12.1 Å². The van der Waals surface area contributed by atoms with Gasteiger partial charge in [0.1, 0.15) is 11.9 Å². The summed E-state index contributed by atoms with van der Waals surface area (Å²) in [4.78, 5) is 15.7. The smallest absolute Gasteiger partial charge is 0.357 e. The lowest BCUT2D eigenvalue weighted by Gasteiger charge is -2.23. The molecule has 0 bridgehead atoms. The van der Waals surface area contributed by atoms with Crippen LogP contribution in [0.15, 0.2) is 30.6 Å². The van der Waals surface area contributed by atoms with Gasteiger partial charge >= 0.3 is 5.97 Å². The molecule has 0 amide bonds. The maximum absolute atomic E-state index is 11.8. The topological polar surface area (TPSA) is 86.5 Å². The van der Waals surface area contributed by atoms with Crippen molar-refractivity contribution in [1.82, 2.24) is 14.8 Å². The Balaban J connectivity index is 1.70. The summed E-state index contributed by atoms with van der Waals surface area (Å²) in [6.07, 6.45) is 5.09. The number of hydrogen-bond acceptors (Lipinski definition) is 5. The molecule has 1 N–H and O–H groups in total. The van der Waals surface area contributed by atoms with Crippen molar-refractivity contribution in [2.75, 3.05) is 6.61 Å². The summed E-state index contributed by atoms with van der Waals surface area (Å²) in [5.41, 5.74) is 1.27. The van der Waals surface area contributed by atoms with Gasteiger partial charge in [-0.25, -0.2) is 9.48 Å². The van der Waals surface area contributed by atoms with E-state index >= 15 is 0 Å². The molecule has 152 valence electrons. The summed E-state index contributed by atoms with van der Waals surface area (Å²) in [5.74, 6) is -0.615. The first kappa shape index (κ1) is 19.9. The van der Waals surface area contributed by atoms with Gasteiger partial charge in [-0.3, -0.25) is 4.98 Å². The highest BCUT2D eigenvalue weighted by molar-refractivity contribution is 6.35. The number of carboxylic acid groups (broad SMARTS) is 1. The standard InChI is InChI=1S/C20H19Cl2N3O4/c1-11(18-14(21)9-23-10-15(18)22)29-12-5-6-16-13(8-12)19(20(26)27)24-25(16)17-4-2-3-7-28-17/h5-6,8-11,17H,2-4,7H2,1H3,(H,26,27). The second-order valence-corrected chi connectivity index (χ2v) is 7.69. The summed E-state index contributed by atoms with van der Waals surface area (Å²) < 4.78 is 13.4. The Labute approximate surface area is 177 Å². The number of pyridine rings is 1. The van der Waals surface area contributed by atoms with E-state index in [4.69, 9.17) is 32.7 Å². The molecule has 1 aliphatic heterocycles. The second kappa shape index (κ2) is 8.18. The second-order valence-electron chi connectivity index (χ2n) is 6.88. The van der Waals surface area contributed by atoms with Crippen molar-refractivity contribution in [3.63, 3.8) is 0 Å². The van der Waals surface area contributed by atoms with Crippen LogP contribution in [0.3, 0.4) is 0 Å². The molecule has 1 saturated heterocycles. The lowest BCUT2D eigenvalue weighted by atomic mass is 10.1. The summed E-state index contributed by atoms with van der Waals surface area (Å²) >= 11 is 12.4. The van der Waals surface area contributed by atoms with Crippen LogP contribution < -0.4 is 4.74 Å². The fraction of sp³-hybridized carbons (Fsp3) is 0.350. The van der Waals surface area contributed by atoms with Crippen molar-refractivity contribution in [3.8, 4) is 5.75 Å². The van der Waals surface area contributed by atoms with E-state index in [0.717, 1.165) is 19.3 Å². The molecule has 7 nitrogen and oxygen atoms in total. The number of carbonyl (C=O) groups is 1. The number of benzene rings is 1. The number of nitrogens with zero attached hydrogens (tertiary/aromatic N) is 3. The minimum atomic E-state index is -1.10. The van der Waals surface area contributed by atoms with Gasteiger partial charge in [-0.05, 0) is 44.4 Å². The monoisotopic (exact) mass is 435 g/mol. The Morgan fingerprint density at radius 1 is 1.31 bits per heavy atom. The molecule has 3 heterocycles. The van der Waals surface area contributed by atoms with Crippen LogP contribution in [0.2, 0.25) is 10.0 Å². The normalized spacial score (nSPS) is 18.0. The van der Waals surface area contributed by atoms with E-state index in [0.29, 0.717) is 38.9 Å². The summed E-state index contributed by atoms with van der Waals surface area (Å²) in [7, 11) is 0. The van der Waals surface area contributed by atoms with Gasteiger partial charge in [0.15, 0.2) is 11.9 Å². The Morgan fingerprint density at radius 3 is 2.72 bits per heavy atom. The summed E-state index contributed by atoms with van der Waals surface area (Å²) in [6.45, 7) is 2.45. The Morgan fingerprint density at radius 2 is 2.07 bits per heavy atom. The molecule has 2 aromatic heterocycles. The van der Waals surface area contributed by atoms with Crippen LogP contribution >= 0.6 is 23.2 Å². The third-order valence-electron chi connectivity index (χ3n) is 4.92. The maximum atomic E-state index is 11.8. The number of rotatable bonds is 5. The molecule has 0 aliphatic carbocycles. The lowest BCUT2D eigenvalue weighted by Crippen LogP contribution is -2.19. The highest BCUT2D eigenvalue weighted by Gasteiger charge is 2.24. The molecule has 1 fully saturated rings. The Hall–Kier alpha value is -2.35. The molecule has 0 spiro atoms. The van der Waals surface area contributed by atoms with E-state index in [9.17, 15) is 9.90 Å². The van der Waals surface area contributed by atoms with Crippen LogP contribution in [0.5, 0.6) is 5.75 Å². The molecule has 2 unspecified atom stereocenters. The zero-order valence-corrected chi connectivity index (χ0v) is 17.2. The molecular formula is C20H19Cl2N3O4. The zero-order valence-electron chi connectivity index (χ0n) is 15.6. The molecule has 2 atom stereocenters. The zero-order chi connectivity index (χ0) is 20.5. The summed E-state index contributed by atoms with van der Waals surface area (Å²) in [5, 5.41) is 15.2.